The fourth-order valence-corrected chi connectivity index (χ4v) is 3.48. The average molecular weight is 366 g/mol. The van der Waals surface area contributed by atoms with Gasteiger partial charge in [0.1, 0.15) is 5.75 Å². The van der Waals surface area contributed by atoms with Gasteiger partial charge < -0.3 is 4.74 Å². The van der Waals surface area contributed by atoms with Crippen LogP contribution in [0, 0.1) is 6.92 Å². The lowest BCUT2D eigenvalue weighted by atomic mass is 9.99. The van der Waals surface area contributed by atoms with E-state index in [0.29, 0.717) is 23.6 Å². The third-order valence-corrected chi connectivity index (χ3v) is 4.37. The first-order valence-electron chi connectivity index (χ1n) is 6.78. The second-order valence-corrected chi connectivity index (χ2v) is 6.56. The standard InChI is InChI=1S/C17H14BrClO2/c1-10-2-3-14(15(19)6-10)16(20)9-12-8-13(18)7-11-4-5-21-17(11)12/h2-3,6-8H,4-5,9H2,1H3. The molecule has 4 heteroatoms. The van der Waals surface area contributed by atoms with E-state index < -0.39 is 0 Å². The Balaban J connectivity index is 1.92. The van der Waals surface area contributed by atoms with Gasteiger partial charge in [-0.1, -0.05) is 33.6 Å². The van der Waals surface area contributed by atoms with Gasteiger partial charge in [0.05, 0.1) is 11.6 Å². The zero-order chi connectivity index (χ0) is 15.0. The van der Waals surface area contributed by atoms with Crippen LogP contribution in [0.5, 0.6) is 5.75 Å². The molecule has 1 aliphatic heterocycles. The second-order valence-electron chi connectivity index (χ2n) is 5.23. The number of Topliss-reactive ketones (excluding diaryl/α,β-unsaturated/α-hetero) is 1. The molecule has 2 aromatic rings. The van der Waals surface area contributed by atoms with Crippen LogP contribution in [-0.4, -0.2) is 12.4 Å². The van der Waals surface area contributed by atoms with Gasteiger partial charge in [0, 0.05) is 28.4 Å². The summed E-state index contributed by atoms with van der Waals surface area (Å²) in [5.41, 5.74) is 3.68. The largest absolute Gasteiger partial charge is 0.493 e. The fourth-order valence-electron chi connectivity index (χ4n) is 2.59. The molecule has 0 saturated heterocycles. The molecule has 0 aliphatic carbocycles. The van der Waals surface area contributed by atoms with Crippen LogP contribution < -0.4 is 4.74 Å². The Bertz CT molecular complexity index is 725. The smallest absolute Gasteiger partial charge is 0.168 e. The molecule has 0 bridgehead atoms. The van der Waals surface area contributed by atoms with Crippen molar-refractivity contribution >= 4 is 33.3 Å². The van der Waals surface area contributed by atoms with E-state index in [-0.39, 0.29) is 5.78 Å². The molecule has 0 radical (unpaired) electrons. The fraction of sp³-hybridized carbons (Fsp3) is 0.235. The zero-order valence-corrected chi connectivity index (χ0v) is 13.9. The molecule has 2 aromatic carbocycles. The molecule has 2 nitrogen and oxygen atoms in total. The van der Waals surface area contributed by atoms with Crippen molar-refractivity contribution in [1.82, 2.24) is 0 Å². The van der Waals surface area contributed by atoms with Crippen LogP contribution in [0.3, 0.4) is 0 Å². The van der Waals surface area contributed by atoms with E-state index in [2.05, 4.69) is 22.0 Å². The SMILES string of the molecule is Cc1ccc(C(=O)Cc2cc(Br)cc3c2OCC3)c(Cl)c1. The predicted molar refractivity (Wildman–Crippen MR) is 87.6 cm³/mol. The molecule has 0 amide bonds. The van der Waals surface area contributed by atoms with Crippen LogP contribution in [-0.2, 0) is 12.8 Å². The number of aryl methyl sites for hydroxylation is 1. The summed E-state index contributed by atoms with van der Waals surface area (Å²) in [4.78, 5) is 12.5. The minimum Gasteiger partial charge on any atom is -0.493 e. The zero-order valence-electron chi connectivity index (χ0n) is 11.6. The molecule has 0 unspecified atom stereocenters. The molecule has 1 heterocycles. The van der Waals surface area contributed by atoms with Crippen LogP contribution in [0.4, 0.5) is 0 Å². The van der Waals surface area contributed by atoms with Crippen molar-refractivity contribution in [1.29, 1.82) is 0 Å². The highest BCUT2D eigenvalue weighted by Crippen LogP contribution is 2.34. The number of carbonyl (C=O) groups excluding carboxylic acids is 1. The normalized spacial score (nSPS) is 12.9. The van der Waals surface area contributed by atoms with Gasteiger partial charge in [0.15, 0.2) is 5.78 Å². The number of fused-ring (bicyclic) bond motifs is 1. The number of halogens is 2. The van der Waals surface area contributed by atoms with Crippen LogP contribution in [0.15, 0.2) is 34.8 Å². The van der Waals surface area contributed by atoms with E-state index in [1.54, 1.807) is 6.07 Å². The van der Waals surface area contributed by atoms with Gasteiger partial charge in [-0.3, -0.25) is 4.79 Å². The van der Waals surface area contributed by atoms with Crippen LogP contribution in [0.25, 0.3) is 0 Å². The van der Waals surface area contributed by atoms with Crippen molar-refractivity contribution in [2.45, 2.75) is 19.8 Å². The first kappa shape index (κ1) is 14.6. The second kappa shape index (κ2) is 5.82. The van der Waals surface area contributed by atoms with Gasteiger partial charge in [0.2, 0.25) is 0 Å². The summed E-state index contributed by atoms with van der Waals surface area (Å²) < 4.78 is 6.64. The summed E-state index contributed by atoms with van der Waals surface area (Å²) in [6.07, 6.45) is 1.19. The third kappa shape index (κ3) is 2.99. The number of ketones is 1. The monoisotopic (exact) mass is 364 g/mol. The van der Waals surface area contributed by atoms with E-state index in [0.717, 1.165) is 33.3 Å². The molecule has 3 rings (SSSR count). The average Bonchev–Trinajstić information content (AvgIpc) is 2.86. The van der Waals surface area contributed by atoms with Gasteiger partial charge in [-0.05, 0) is 42.3 Å². The Kier molecular flexibility index (Phi) is 4.05. The number of rotatable bonds is 3. The topological polar surface area (TPSA) is 26.3 Å². The highest BCUT2D eigenvalue weighted by Gasteiger charge is 2.20. The van der Waals surface area contributed by atoms with Crippen molar-refractivity contribution in [2.75, 3.05) is 6.61 Å². The lowest BCUT2D eigenvalue weighted by molar-refractivity contribution is 0.0992. The van der Waals surface area contributed by atoms with Gasteiger partial charge >= 0.3 is 0 Å². The third-order valence-electron chi connectivity index (χ3n) is 3.60. The highest BCUT2D eigenvalue weighted by molar-refractivity contribution is 9.10. The molecule has 108 valence electrons. The molecule has 0 spiro atoms. The summed E-state index contributed by atoms with van der Waals surface area (Å²) in [5.74, 6) is 0.866. The first-order valence-corrected chi connectivity index (χ1v) is 7.95. The Morgan fingerprint density at radius 1 is 1.33 bits per heavy atom. The molecule has 0 fully saturated rings. The maximum Gasteiger partial charge on any atom is 0.168 e. The summed E-state index contributed by atoms with van der Waals surface area (Å²) in [6.45, 7) is 2.63. The van der Waals surface area contributed by atoms with E-state index in [9.17, 15) is 4.79 Å². The number of ether oxygens (including phenoxy) is 1. The van der Waals surface area contributed by atoms with E-state index in [4.69, 9.17) is 16.3 Å². The Morgan fingerprint density at radius 2 is 2.14 bits per heavy atom. The van der Waals surface area contributed by atoms with E-state index >= 15 is 0 Å². The Labute approximate surface area is 137 Å². The van der Waals surface area contributed by atoms with Crippen molar-refractivity contribution in [2.24, 2.45) is 0 Å². The summed E-state index contributed by atoms with van der Waals surface area (Å²) in [6, 6.07) is 9.51. The van der Waals surface area contributed by atoms with Gasteiger partial charge in [0.25, 0.3) is 0 Å². The lowest BCUT2D eigenvalue weighted by Crippen LogP contribution is -2.06. The van der Waals surface area contributed by atoms with Crippen LogP contribution in [0.1, 0.15) is 27.0 Å². The summed E-state index contributed by atoms with van der Waals surface area (Å²) >= 11 is 9.67. The quantitative estimate of drug-likeness (QED) is 0.732. The molecular weight excluding hydrogens is 352 g/mol. The molecule has 21 heavy (non-hydrogen) atoms. The molecule has 1 aliphatic rings. The minimum absolute atomic E-state index is 0.0100. The predicted octanol–water partition coefficient (Wildman–Crippen LogP) is 4.77. The van der Waals surface area contributed by atoms with Crippen molar-refractivity contribution in [3.8, 4) is 5.75 Å². The first-order chi connectivity index (χ1) is 10.0. The van der Waals surface area contributed by atoms with E-state index in [1.165, 1.54) is 0 Å². The van der Waals surface area contributed by atoms with Gasteiger partial charge in [-0.2, -0.15) is 0 Å². The van der Waals surface area contributed by atoms with Crippen molar-refractivity contribution in [3.63, 3.8) is 0 Å². The lowest BCUT2D eigenvalue weighted by Gasteiger charge is -2.09. The molecule has 0 aromatic heterocycles. The van der Waals surface area contributed by atoms with Crippen molar-refractivity contribution in [3.05, 3.63) is 62.1 Å². The Hall–Kier alpha value is -1.32. The number of carbonyl (C=O) groups is 1. The highest BCUT2D eigenvalue weighted by atomic mass is 79.9. The van der Waals surface area contributed by atoms with Crippen LogP contribution >= 0.6 is 27.5 Å². The molecule has 0 saturated carbocycles. The maximum absolute atomic E-state index is 12.5. The summed E-state index contributed by atoms with van der Waals surface area (Å²) in [5, 5.41) is 0.507. The molecule has 0 atom stereocenters. The number of hydrogen-bond donors (Lipinski definition) is 0. The minimum atomic E-state index is 0.0100. The van der Waals surface area contributed by atoms with Gasteiger partial charge in [-0.25, -0.2) is 0 Å². The van der Waals surface area contributed by atoms with Crippen molar-refractivity contribution < 1.29 is 9.53 Å². The van der Waals surface area contributed by atoms with Gasteiger partial charge in [-0.15, -0.1) is 0 Å². The number of hydrogen-bond acceptors (Lipinski definition) is 2. The van der Waals surface area contributed by atoms with Crippen LogP contribution in [0.2, 0.25) is 5.02 Å². The molecule has 0 N–H and O–H groups in total. The molecular formula is C17H14BrClO2. The Morgan fingerprint density at radius 3 is 2.90 bits per heavy atom. The number of benzene rings is 2. The maximum atomic E-state index is 12.5. The van der Waals surface area contributed by atoms with E-state index in [1.807, 2.05) is 25.1 Å². The summed E-state index contributed by atoms with van der Waals surface area (Å²) in [7, 11) is 0.